The van der Waals surface area contributed by atoms with Crippen LogP contribution in [0.15, 0.2) is 65.5 Å². The number of nitro benzene ring substituents is 1. The Morgan fingerprint density at radius 1 is 1.03 bits per heavy atom. The summed E-state index contributed by atoms with van der Waals surface area (Å²) in [7, 11) is 0. The molecule has 1 N–H and O–H groups in total. The Labute approximate surface area is 187 Å². The van der Waals surface area contributed by atoms with E-state index >= 15 is 0 Å². The van der Waals surface area contributed by atoms with E-state index in [1.807, 2.05) is 47.4 Å². The summed E-state index contributed by atoms with van der Waals surface area (Å²) in [5.74, 6) is 0.642. The lowest BCUT2D eigenvalue weighted by Crippen LogP contribution is -2.46. The number of aromatic amines is 1. The molecule has 0 bridgehead atoms. The molecular formula is C23H21N5O3S. The van der Waals surface area contributed by atoms with Crippen LogP contribution in [0.2, 0.25) is 0 Å². The van der Waals surface area contributed by atoms with Crippen molar-refractivity contribution < 1.29 is 4.92 Å². The van der Waals surface area contributed by atoms with Crippen molar-refractivity contribution in [2.45, 2.75) is 6.54 Å². The molecule has 5 rings (SSSR count). The van der Waals surface area contributed by atoms with Crippen molar-refractivity contribution in [2.75, 3.05) is 31.1 Å². The third-order valence-electron chi connectivity index (χ3n) is 5.67. The second kappa shape index (κ2) is 8.52. The van der Waals surface area contributed by atoms with Gasteiger partial charge in [0, 0.05) is 37.1 Å². The number of thiophene rings is 1. The maximum absolute atomic E-state index is 12.6. The highest BCUT2D eigenvalue weighted by atomic mass is 32.1. The number of nitrogens with zero attached hydrogens (tertiary/aromatic N) is 4. The van der Waals surface area contributed by atoms with Gasteiger partial charge in [0.05, 0.1) is 16.9 Å². The number of benzene rings is 2. The summed E-state index contributed by atoms with van der Waals surface area (Å²) in [6.07, 6.45) is 0. The monoisotopic (exact) mass is 447 g/mol. The van der Waals surface area contributed by atoms with Gasteiger partial charge in [0.2, 0.25) is 0 Å². The highest BCUT2D eigenvalue weighted by Crippen LogP contribution is 2.31. The summed E-state index contributed by atoms with van der Waals surface area (Å²) in [5, 5.41) is 11.9. The Kier molecular flexibility index (Phi) is 5.42. The van der Waals surface area contributed by atoms with Crippen LogP contribution >= 0.6 is 11.3 Å². The summed E-state index contributed by atoms with van der Waals surface area (Å²) in [4.78, 5) is 37.3. The molecule has 0 aliphatic carbocycles. The highest BCUT2D eigenvalue weighted by molar-refractivity contribution is 7.21. The summed E-state index contributed by atoms with van der Waals surface area (Å²) < 4.78 is 0. The van der Waals surface area contributed by atoms with Crippen LogP contribution < -0.4 is 10.5 Å². The largest absolute Gasteiger partial charge is 0.363 e. The second-order valence-electron chi connectivity index (χ2n) is 7.72. The van der Waals surface area contributed by atoms with Gasteiger partial charge in [-0.05, 0) is 17.7 Å². The first-order valence-corrected chi connectivity index (χ1v) is 11.2. The Balaban J connectivity index is 1.31. The predicted octanol–water partition coefficient (Wildman–Crippen LogP) is 3.88. The normalized spacial score (nSPS) is 14.7. The van der Waals surface area contributed by atoms with E-state index in [0.29, 0.717) is 36.5 Å². The number of hydrogen-bond acceptors (Lipinski definition) is 7. The predicted molar refractivity (Wildman–Crippen MR) is 126 cm³/mol. The Hall–Kier alpha value is -3.56. The average molecular weight is 448 g/mol. The van der Waals surface area contributed by atoms with E-state index in [1.54, 1.807) is 12.1 Å². The maximum atomic E-state index is 12.6. The number of piperazine rings is 1. The molecule has 8 nitrogen and oxygen atoms in total. The van der Waals surface area contributed by atoms with Crippen LogP contribution in [-0.4, -0.2) is 46.0 Å². The van der Waals surface area contributed by atoms with Crippen molar-refractivity contribution in [1.82, 2.24) is 14.9 Å². The van der Waals surface area contributed by atoms with E-state index < -0.39 is 0 Å². The lowest BCUT2D eigenvalue weighted by atomic mass is 10.2. The molecule has 2 aromatic carbocycles. The summed E-state index contributed by atoms with van der Waals surface area (Å²) in [6.45, 7) is 3.35. The fourth-order valence-corrected chi connectivity index (χ4v) is 5.10. The van der Waals surface area contributed by atoms with Crippen LogP contribution in [-0.2, 0) is 6.54 Å². The number of fused-ring (bicyclic) bond motifs is 1. The molecule has 4 aromatic rings. The molecule has 0 saturated carbocycles. The Morgan fingerprint density at radius 2 is 1.75 bits per heavy atom. The van der Waals surface area contributed by atoms with Crippen molar-refractivity contribution >= 4 is 32.9 Å². The molecule has 1 aliphatic heterocycles. The molecule has 0 amide bonds. The lowest BCUT2D eigenvalue weighted by molar-refractivity contribution is -0.384. The molecule has 0 radical (unpaired) electrons. The minimum Gasteiger partial charge on any atom is -0.363 e. The zero-order valence-electron chi connectivity index (χ0n) is 17.2. The summed E-state index contributed by atoms with van der Waals surface area (Å²) in [5.41, 5.74) is 1.73. The van der Waals surface area contributed by atoms with Gasteiger partial charge in [0.1, 0.15) is 16.3 Å². The van der Waals surface area contributed by atoms with E-state index in [0.717, 1.165) is 28.4 Å². The minimum atomic E-state index is -0.337. The molecule has 0 atom stereocenters. The molecular weight excluding hydrogens is 426 g/mol. The molecule has 32 heavy (non-hydrogen) atoms. The Bertz CT molecular complexity index is 1330. The number of rotatable bonds is 5. The minimum absolute atomic E-state index is 0.123. The van der Waals surface area contributed by atoms with Crippen molar-refractivity contribution in [3.63, 3.8) is 0 Å². The lowest BCUT2D eigenvalue weighted by Gasteiger charge is -2.35. The third kappa shape index (κ3) is 4.00. The van der Waals surface area contributed by atoms with Crippen LogP contribution in [0.1, 0.15) is 5.82 Å². The third-order valence-corrected chi connectivity index (χ3v) is 6.75. The number of para-hydroxylation sites is 2. The quantitative estimate of drug-likeness (QED) is 0.368. The van der Waals surface area contributed by atoms with E-state index in [1.165, 1.54) is 17.4 Å². The van der Waals surface area contributed by atoms with Gasteiger partial charge in [-0.15, -0.1) is 11.3 Å². The van der Waals surface area contributed by atoms with Crippen LogP contribution in [0.3, 0.4) is 0 Å². The van der Waals surface area contributed by atoms with Crippen LogP contribution in [0.5, 0.6) is 0 Å². The van der Waals surface area contributed by atoms with E-state index in [4.69, 9.17) is 4.98 Å². The molecule has 0 spiro atoms. The van der Waals surface area contributed by atoms with Gasteiger partial charge in [-0.1, -0.05) is 42.5 Å². The van der Waals surface area contributed by atoms with Crippen molar-refractivity contribution in [3.05, 3.63) is 87.0 Å². The molecule has 2 aromatic heterocycles. The number of nitrogens with one attached hydrogen (secondary N) is 1. The van der Waals surface area contributed by atoms with Crippen molar-refractivity contribution in [3.8, 4) is 10.4 Å². The highest BCUT2D eigenvalue weighted by Gasteiger charge is 2.23. The number of hydrogen-bond donors (Lipinski definition) is 1. The first-order valence-electron chi connectivity index (χ1n) is 10.4. The van der Waals surface area contributed by atoms with Gasteiger partial charge in [-0.3, -0.25) is 19.8 Å². The fraction of sp³-hybridized carbons (Fsp3) is 0.217. The smallest absolute Gasteiger partial charge is 0.292 e. The summed E-state index contributed by atoms with van der Waals surface area (Å²) in [6, 6.07) is 18.7. The van der Waals surface area contributed by atoms with Crippen molar-refractivity contribution in [1.29, 1.82) is 0 Å². The van der Waals surface area contributed by atoms with Crippen molar-refractivity contribution in [2.24, 2.45) is 0 Å². The number of anilines is 1. The molecule has 9 heteroatoms. The van der Waals surface area contributed by atoms with Crippen LogP contribution in [0, 0.1) is 10.1 Å². The maximum Gasteiger partial charge on any atom is 0.292 e. The molecule has 0 unspecified atom stereocenters. The molecule has 162 valence electrons. The van der Waals surface area contributed by atoms with Gasteiger partial charge in [-0.2, -0.15) is 0 Å². The van der Waals surface area contributed by atoms with Crippen LogP contribution in [0.4, 0.5) is 11.4 Å². The SMILES string of the molecule is O=c1[nH]c(CN2CCN(c3ccccc3[N+](=O)[O-])CC2)nc2sc(-c3ccccc3)cc12. The van der Waals surface area contributed by atoms with Gasteiger partial charge in [0.15, 0.2) is 0 Å². The van der Waals surface area contributed by atoms with E-state index in [9.17, 15) is 14.9 Å². The van der Waals surface area contributed by atoms with Gasteiger partial charge in [-0.25, -0.2) is 4.98 Å². The molecule has 1 saturated heterocycles. The van der Waals surface area contributed by atoms with E-state index in [2.05, 4.69) is 9.88 Å². The van der Waals surface area contributed by atoms with E-state index in [-0.39, 0.29) is 16.2 Å². The van der Waals surface area contributed by atoms with Gasteiger partial charge < -0.3 is 9.88 Å². The standard InChI is InChI=1S/C23H21N5O3S/c29-22-17-14-20(16-6-2-1-3-7-16)32-23(17)25-21(24-22)15-26-10-12-27(13-11-26)18-8-4-5-9-19(18)28(30)31/h1-9,14H,10-13,15H2,(H,24,25,29). The first kappa shape index (κ1) is 20.3. The second-order valence-corrected chi connectivity index (χ2v) is 8.75. The molecule has 3 heterocycles. The topological polar surface area (TPSA) is 95.4 Å². The van der Waals surface area contributed by atoms with Gasteiger partial charge >= 0.3 is 0 Å². The zero-order valence-corrected chi connectivity index (χ0v) is 18.0. The first-order chi connectivity index (χ1) is 15.6. The zero-order chi connectivity index (χ0) is 22.1. The number of aromatic nitrogens is 2. The van der Waals surface area contributed by atoms with Crippen LogP contribution in [0.25, 0.3) is 20.7 Å². The summed E-state index contributed by atoms with van der Waals surface area (Å²) >= 11 is 1.52. The number of nitro groups is 1. The Morgan fingerprint density at radius 3 is 2.50 bits per heavy atom. The number of H-pyrrole nitrogens is 1. The molecule has 1 aliphatic rings. The fourth-order valence-electron chi connectivity index (χ4n) is 4.04. The average Bonchev–Trinajstić information content (AvgIpc) is 3.25. The van der Waals surface area contributed by atoms with Gasteiger partial charge in [0.25, 0.3) is 11.2 Å². The molecule has 1 fully saturated rings.